The summed E-state index contributed by atoms with van der Waals surface area (Å²) in [6.07, 6.45) is 0.688. The number of hydrogen-bond donors (Lipinski definition) is 0. The minimum atomic E-state index is -0.313. The third-order valence-corrected chi connectivity index (χ3v) is 4.94. The second-order valence-electron chi connectivity index (χ2n) is 8.58. The van der Waals surface area contributed by atoms with Crippen molar-refractivity contribution >= 4 is 23.2 Å². The lowest BCUT2D eigenvalue weighted by molar-refractivity contribution is -0.135. The summed E-state index contributed by atoms with van der Waals surface area (Å²) in [5, 5.41) is 4.85. The molecule has 0 N–H and O–H groups in total. The molecule has 0 aliphatic carbocycles. The fourth-order valence-corrected chi connectivity index (χ4v) is 3.36. The van der Waals surface area contributed by atoms with Crippen molar-refractivity contribution in [2.24, 2.45) is 10.6 Å². The predicted octanol–water partition coefficient (Wildman–Crippen LogP) is 5.44. The van der Waals surface area contributed by atoms with Gasteiger partial charge in [0.1, 0.15) is 5.82 Å². The van der Waals surface area contributed by atoms with Crippen LogP contribution < -0.4 is 0 Å². The largest absolute Gasteiger partial charge is 0.390 e. The summed E-state index contributed by atoms with van der Waals surface area (Å²) in [5.41, 5.74) is 2.09. The Labute approximate surface area is 176 Å². The Kier molecular flexibility index (Phi) is 6.58. The summed E-state index contributed by atoms with van der Waals surface area (Å²) >= 11 is 5.95. The minimum absolute atomic E-state index is 0.0238. The zero-order chi connectivity index (χ0) is 21.0. The average Bonchev–Trinajstić information content (AvgIpc) is 3.10. The van der Waals surface area contributed by atoms with Crippen LogP contribution in [0.1, 0.15) is 44.7 Å². The number of carbonyl (C=O) groups excluding carboxylic acids is 1. The molecule has 2 aromatic rings. The molecule has 0 saturated heterocycles. The van der Waals surface area contributed by atoms with E-state index in [2.05, 4.69) is 5.16 Å². The molecule has 6 heteroatoms. The molecule has 0 saturated carbocycles. The van der Waals surface area contributed by atoms with Crippen LogP contribution in [0.3, 0.4) is 0 Å². The van der Waals surface area contributed by atoms with Crippen molar-refractivity contribution in [1.29, 1.82) is 0 Å². The summed E-state index contributed by atoms with van der Waals surface area (Å²) in [7, 11) is 0. The summed E-state index contributed by atoms with van der Waals surface area (Å²) in [4.78, 5) is 20.2. The van der Waals surface area contributed by atoms with Crippen molar-refractivity contribution in [2.45, 2.75) is 46.3 Å². The highest BCUT2D eigenvalue weighted by Gasteiger charge is 2.29. The Bertz CT molecular complexity index is 890. The molecule has 1 aliphatic rings. The fraction of sp³-hybridized carbons (Fsp3) is 0.391. The van der Waals surface area contributed by atoms with Crippen LogP contribution in [0.25, 0.3) is 0 Å². The van der Waals surface area contributed by atoms with Crippen molar-refractivity contribution in [3.05, 3.63) is 70.5 Å². The third kappa shape index (κ3) is 6.04. The second kappa shape index (κ2) is 8.95. The van der Waals surface area contributed by atoms with E-state index in [-0.39, 0.29) is 29.8 Å². The number of nitrogens with zero attached hydrogens (tertiary/aromatic N) is 2. The van der Waals surface area contributed by atoms with Crippen LogP contribution in [0.15, 0.2) is 53.7 Å². The van der Waals surface area contributed by atoms with E-state index < -0.39 is 0 Å². The van der Waals surface area contributed by atoms with Gasteiger partial charge < -0.3 is 9.74 Å². The van der Waals surface area contributed by atoms with E-state index in [1.807, 2.05) is 45.0 Å². The van der Waals surface area contributed by atoms with Crippen LogP contribution in [-0.4, -0.2) is 29.2 Å². The van der Waals surface area contributed by atoms with E-state index >= 15 is 0 Å². The zero-order valence-corrected chi connectivity index (χ0v) is 17.7. The maximum atomic E-state index is 14.2. The predicted molar refractivity (Wildman–Crippen MR) is 113 cm³/mol. The molecule has 1 atom stereocenters. The molecule has 0 radical (unpaired) electrons. The van der Waals surface area contributed by atoms with Gasteiger partial charge >= 0.3 is 0 Å². The van der Waals surface area contributed by atoms with Crippen molar-refractivity contribution in [3.63, 3.8) is 0 Å². The lowest BCUT2D eigenvalue weighted by Gasteiger charge is -2.28. The third-order valence-electron chi connectivity index (χ3n) is 4.69. The highest BCUT2D eigenvalue weighted by Crippen LogP contribution is 2.24. The van der Waals surface area contributed by atoms with Crippen LogP contribution >= 0.6 is 11.6 Å². The number of carbonyl (C=O) groups is 1. The Hall–Kier alpha value is -2.40. The van der Waals surface area contributed by atoms with Gasteiger partial charge in [0, 0.05) is 30.0 Å². The molecular formula is C23H26ClFN2O2. The first-order valence-electron chi connectivity index (χ1n) is 9.71. The first-order chi connectivity index (χ1) is 13.7. The van der Waals surface area contributed by atoms with Gasteiger partial charge in [0.25, 0.3) is 0 Å². The molecule has 154 valence electrons. The van der Waals surface area contributed by atoms with Crippen LogP contribution in [0.5, 0.6) is 0 Å². The van der Waals surface area contributed by atoms with Gasteiger partial charge in [0.15, 0.2) is 6.10 Å². The molecule has 0 spiro atoms. The summed E-state index contributed by atoms with van der Waals surface area (Å²) in [6, 6.07) is 14.0. The van der Waals surface area contributed by atoms with Crippen LogP contribution in [-0.2, 0) is 16.2 Å². The van der Waals surface area contributed by atoms with E-state index in [4.69, 9.17) is 16.4 Å². The van der Waals surface area contributed by atoms with Gasteiger partial charge in [0.05, 0.1) is 12.3 Å². The zero-order valence-electron chi connectivity index (χ0n) is 17.0. The fourth-order valence-electron chi connectivity index (χ4n) is 3.24. The van der Waals surface area contributed by atoms with Gasteiger partial charge in [-0.2, -0.15) is 0 Å². The topological polar surface area (TPSA) is 41.9 Å². The Morgan fingerprint density at radius 2 is 1.90 bits per heavy atom. The van der Waals surface area contributed by atoms with Crippen LogP contribution in [0.2, 0.25) is 5.02 Å². The van der Waals surface area contributed by atoms with Gasteiger partial charge in [-0.25, -0.2) is 4.39 Å². The molecule has 0 fully saturated rings. The molecule has 0 aromatic heterocycles. The van der Waals surface area contributed by atoms with Gasteiger partial charge in [-0.05, 0) is 29.2 Å². The smallest absolute Gasteiger partial charge is 0.223 e. The molecule has 3 rings (SSSR count). The molecule has 1 aliphatic heterocycles. The number of amides is 1. The Morgan fingerprint density at radius 3 is 2.55 bits per heavy atom. The molecule has 1 amide bonds. The SMILES string of the molecule is CC(C)(C)CC(=O)N(Cc1ccccc1F)C[C@@H]1CC(c2ccc(Cl)cc2)=NO1. The first kappa shape index (κ1) is 21.3. The first-order valence-corrected chi connectivity index (χ1v) is 10.1. The average molecular weight is 417 g/mol. The van der Waals surface area contributed by atoms with Gasteiger partial charge in [0.2, 0.25) is 5.91 Å². The number of benzene rings is 2. The summed E-state index contributed by atoms with van der Waals surface area (Å²) in [6.45, 7) is 6.60. The monoisotopic (exact) mass is 416 g/mol. The minimum Gasteiger partial charge on any atom is -0.390 e. The summed E-state index contributed by atoms with van der Waals surface area (Å²) in [5.74, 6) is -0.337. The van der Waals surface area contributed by atoms with E-state index in [1.165, 1.54) is 6.07 Å². The van der Waals surface area contributed by atoms with Crippen molar-refractivity contribution in [1.82, 2.24) is 4.90 Å². The maximum Gasteiger partial charge on any atom is 0.223 e. The second-order valence-corrected chi connectivity index (χ2v) is 9.02. The molecule has 4 nitrogen and oxygen atoms in total. The quantitative estimate of drug-likeness (QED) is 0.629. The van der Waals surface area contributed by atoms with Crippen LogP contribution in [0.4, 0.5) is 4.39 Å². The highest BCUT2D eigenvalue weighted by atomic mass is 35.5. The molecule has 0 bridgehead atoms. The highest BCUT2D eigenvalue weighted by molar-refractivity contribution is 6.30. The van der Waals surface area contributed by atoms with Crippen molar-refractivity contribution < 1.29 is 14.0 Å². The Morgan fingerprint density at radius 1 is 1.21 bits per heavy atom. The molecule has 29 heavy (non-hydrogen) atoms. The number of oxime groups is 1. The standard InChI is InChI=1S/C23H26ClFN2O2/c1-23(2,3)13-22(28)27(14-17-6-4-5-7-20(17)25)15-19-12-21(26-29-19)16-8-10-18(24)11-9-16/h4-11,19H,12-15H2,1-3H3/t19-/m0/s1. The Balaban J connectivity index is 1.71. The number of rotatable bonds is 6. The van der Waals surface area contributed by atoms with Crippen molar-refractivity contribution in [2.75, 3.05) is 6.54 Å². The number of halogens is 2. The molecule has 0 unspecified atom stereocenters. The maximum absolute atomic E-state index is 14.2. The van der Waals surface area contributed by atoms with E-state index in [0.29, 0.717) is 30.0 Å². The van der Waals surface area contributed by atoms with E-state index in [9.17, 15) is 9.18 Å². The van der Waals surface area contributed by atoms with Crippen LogP contribution in [0, 0.1) is 11.2 Å². The van der Waals surface area contributed by atoms with Gasteiger partial charge in [-0.1, -0.05) is 67.9 Å². The lowest BCUT2D eigenvalue weighted by atomic mass is 9.91. The van der Waals surface area contributed by atoms with Crippen molar-refractivity contribution in [3.8, 4) is 0 Å². The number of hydrogen-bond acceptors (Lipinski definition) is 3. The van der Waals surface area contributed by atoms with E-state index in [0.717, 1.165) is 11.3 Å². The molecular weight excluding hydrogens is 391 g/mol. The summed E-state index contributed by atoms with van der Waals surface area (Å²) < 4.78 is 14.2. The van der Waals surface area contributed by atoms with E-state index in [1.54, 1.807) is 23.1 Å². The lowest BCUT2D eigenvalue weighted by Crippen LogP contribution is -2.39. The molecule has 2 aromatic carbocycles. The molecule has 1 heterocycles. The van der Waals surface area contributed by atoms with Gasteiger partial charge in [-0.3, -0.25) is 4.79 Å². The van der Waals surface area contributed by atoms with Gasteiger partial charge in [-0.15, -0.1) is 0 Å². The normalized spacial score (nSPS) is 16.3.